The minimum atomic E-state index is -0.851. The standard InChI is InChI=1S/C14H21N3O3/c15-12(7-4-8-14(19)20)17-13(18)9-10-16-11-5-2-1-3-6-11/h1-3,5-6,12,16H,4,7-10,15H2,(H,17,18)(H,19,20). The number of carbonyl (C=O) groups excluding carboxylic acids is 1. The number of amides is 1. The highest BCUT2D eigenvalue weighted by Gasteiger charge is 2.08. The van der Waals surface area contributed by atoms with Gasteiger partial charge in [-0.05, 0) is 25.0 Å². The molecule has 1 aromatic carbocycles. The number of rotatable bonds is 9. The maximum Gasteiger partial charge on any atom is 0.303 e. The van der Waals surface area contributed by atoms with E-state index >= 15 is 0 Å². The molecule has 110 valence electrons. The highest BCUT2D eigenvalue weighted by Crippen LogP contribution is 2.04. The van der Waals surface area contributed by atoms with Gasteiger partial charge in [0.25, 0.3) is 0 Å². The Hall–Kier alpha value is -2.08. The Balaban J connectivity index is 2.12. The SMILES string of the molecule is NC(CCCC(=O)O)NC(=O)CCNc1ccccc1. The van der Waals surface area contributed by atoms with E-state index in [1.165, 1.54) is 0 Å². The van der Waals surface area contributed by atoms with Crippen LogP contribution in [-0.2, 0) is 9.59 Å². The van der Waals surface area contributed by atoms with Crippen LogP contribution in [-0.4, -0.2) is 29.7 Å². The summed E-state index contributed by atoms with van der Waals surface area (Å²) >= 11 is 0. The number of nitrogens with one attached hydrogen (secondary N) is 2. The molecule has 0 aliphatic heterocycles. The summed E-state index contributed by atoms with van der Waals surface area (Å²) in [5.74, 6) is -0.994. The minimum Gasteiger partial charge on any atom is -0.481 e. The van der Waals surface area contributed by atoms with Gasteiger partial charge in [0, 0.05) is 25.1 Å². The molecule has 0 radical (unpaired) electrons. The van der Waals surface area contributed by atoms with Gasteiger partial charge >= 0.3 is 5.97 Å². The predicted octanol–water partition coefficient (Wildman–Crippen LogP) is 1.14. The molecule has 1 aromatic rings. The molecule has 0 saturated carbocycles. The Morgan fingerprint density at radius 2 is 1.90 bits per heavy atom. The third kappa shape index (κ3) is 7.38. The summed E-state index contributed by atoms with van der Waals surface area (Å²) in [6.45, 7) is 0.525. The van der Waals surface area contributed by atoms with Gasteiger partial charge in [-0.15, -0.1) is 0 Å². The fourth-order valence-electron chi connectivity index (χ4n) is 1.70. The number of para-hydroxylation sites is 1. The number of aliphatic carboxylic acids is 1. The molecule has 20 heavy (non-hydrogen) atoms. The van der Waals surface area contributed by atoms with Crippen molar-refractivity contribution in [2.75, 3.05) is 11.9 Å². The van der Waals surface area contributed by atoms with Crippen LogP contribution in [0, 0.1) is 0 Å². The smallest absolute Gasteiger partial charge is 0.303 e. The normalized spacial score (nSPS) is 11.7. The molecule has 6 heteroatoms. The molecule has 6 nitrogen and oxygen atoms in total. The van der Waals surface area contributed by atoms with E-state index in [0.717, 1.165) is 5.69 Å². The Morgan fingerprint density at radius 1 is 1.20 bits per heavy atom. The lowest BCUT2D eigenvalue weighted by Crippen LogP contribution is -2.42. The minimum absolute atomic E-state index is 0.0686. The molecule has 0 aliphatic rings. The number of nitrogens with two attached hydrogens (primary N) is 1. The molecule has 0 aliphatic carbocycles. The Bertz CT molecular complexity index is 423. The second-order valence-corrected chi connectivity index (χ2v) is 4.50. The number of benzene rings is 1. The summed E-state index contributed by atoms with van der Waals surface area (Å²) in [4.78, 5) is 21.9. The summed E-state index contributed by atoms with van der Waals surface area (Å²) in [5, 5.41) is 14.3. The monoisotopic (exact) mass is 279 g/mol. The van der Waals surface area contributed by atoms with Crippen LogP contribution >= 0.6 is 0 Å². The summed E-state index contributed by atoms with van der Waals surface area (Å²) in [7, 11) is 0. The van der Waals surface area contributed by atoms with Crippen LogP contribution in [0.25, 0.3) is 0 Å². The topological polar surface area (TPSA) is 104 Å². The molecule has 1 unspecified atom stereocenters. The van der Waals surface area contributed by atoms with Gasteiger partial charge in [0.05, 0.1) is 6.17 Å². The second-order valence-electron chi connectivity index (χ2n) is 4.50. The number of hydrogen-bond acceptors (Lipinski definition) is 4. The lowest BCUT2D eigenvalue weighted by Gasteiger charge is -2.13. The van der Waals surface area contributed by atoms with Crippen molar-refractivity contribution in [3.63, 3.8) is 0 Å². The van der Waals surface area contributed by atoms with Crippen LogP contribution in [0.1, 0.15) is 25.7 Å². The van der Waals surface area contributed by atoms with Gasteiger partial charge in [0.2, 0.25) is 5.91 Å². The average Bonchev–Trinajstić information content (AvgIpc) is 2.39. The van der Waals surface area contributed by atoms with E-state index in [1.54, 1.807) is 0 Å². The van der Waals surface area contributed by atoms with Crippen LogP contribution in [0.4, 0.5) is 5.69 Å². The molecule has 0 fully saturated rings. The van der Waals surface area contributed by atoms with E-state index in [-0.39, 0.29) is 12.3 Å². The van der Waals surface area contributed by atoms with E-state index in [2.05, 4.69) is 10.6 Å². The number of anilines is 1. The van der Waals surface area contributed by atoms with E-state index in [0.29, 0.717) is 25.8 Å². The van der Waals surface area contributed by atoms with Gasteiger partial charge in [-0.2, -0.15) is 0 Å². The number of hydrogen-bond donors (Lipinski definition) is 4. The van der Waals surface area contributed by atoms with Gasteiger partial charge < -0.3 is 21.5 Å². The maximum absolute atomic E-state index is 11.6. The van der Waals surface area contributed by atoms with Crippen molar-refractivity contribution < 1.29 is 14.7 Å². The Kier molecular flexibility index (Phi) is 7.13. The fourth-order valence-corrected chi connectivity index (χ4v) is 1.70. The van der Waals surface area contributed by atoms with Crippen molar-refractivity contribution in [2.24, 2.45) is 5.73 Å². The third-order valence-corrected chi connectivity index (χ3v) is 2.71. The molecule has 0 heterocycles. The highest BCUT2D eigenvalue weighted by atomic mass is 16.4. The second kappa shape index (κ2) is 8.92. The first-order chi connectivity index (χ1) is 9.58. The van der Waals surface area contributed by atoms with Crippen molar-refractivity contribution in [3.8, 4) is 0 Å². The zero-order valence-corrected chi connectivity index (χ0v) is 11.3. The van der Waals surface area contributed by atoms with Gasteiger partial charge in [-0.3, -0.25) is 9.59 Å². The summed E-state index contributed by atoms with van der Waals surface area (Å²) in [6.07, 6.45) is 0.822. The van der Waals surface area contributed by atoms with Gasteiger partial charge in [-0.25, -0.2) is 0 Å². The average molecular weight is 279 g/mol. The molecular formula is C14H21N3O3. The molecule has 1 atom stereocenters. The lowest BCUT2D eigenvalue weighted by molar-refractivity contribution is -0.137. The Morgan fingerprint density at radius 3 is 2.55 bits per heavy atom. The lowest BCUT2D eigenvalue weighted by atomic mass is 10.2. The van der Waals surface area contributed by atoms with Crippen molar-refractivity contribution in [2.45, 2.75) is 31.8 Å². The largest absolute Gasteiger partial charge is 0.481 e. The number of carbonyl (C=O) groups is 2. The van der Waals surface area contributed by atoms with E-state index in [4.69, 9.17) is 10.8 Å². The number of carboxylic acids is 1. The van der Waals surface area contributed by atoms with E-state index < -0.39 is 12.1 Å². The van der Waals surface area contributed by atoms with Crippen molar-refractivity contribution in [1.29, 1.82) is 0 Å². The van der Waals surface area contributed by atoms with Crippen molar-refractivity contribution in [1.82, 2.24) is 5.32 Å². The first-order valence-corrected chi connectivity index (χ1v) is 6.63. The molecule has 0 aromatic heterocycles. The van der Waals surface area contributed by atoms with Crippen molar-refractivity contribution in [3.05, 3.63) is 30.3 Å². The Labute approximate surface area is 118 Å². The quantitative estimate of drug-likeness (QED) is 0.507. The van der Waals surface area contributed by atoms with E-state index in [9.17, 15) is 9.59 Å². The first-order valence-electron chi connectivity index (χ1n) is 6.63. The van der Waals surface area contributed by atoms with Gasteiger partial charge in [-0.1, -0.05) is 18.2 Å². The van der Waals surface area contributed by atoms with Gasteiger partial charge in [0.15, 0.2) is 0 Å². The third-order valence-electron chi connectivity index (χ3n) is 2.71. The molecule has 0 spiro atoms. The van der Waals surface area contributed by atoms with Crippen LogP contribution in [0.3, 0.4) is 0 Å². The highest BCUT2D eigenvalue weighted by molar-refractivity contribution is 5.76. The van der Waals surface area contributed by atoms with Crippen LogP contribution < -0.4 is 16.4 Å². The van der Waals surface area contributed by atoms with Crippen LogP contribution in [0.15, 0.2) is 30.3 Å². The maximum atomic E-state index is 11.6. The molecule has 5 N–H and O–H groups in total. The molecule has 0 bridgehead atoms. The van der Waals surface area contributed by atoms with Gasteiger partial charge in [0.1, 0.15) is 0 Å². The number of carboxylic acid groups (broad SMARTS) is 1. The summed E-state index contributed by atoms with van der Waals surface area (Å²) in [5.41, 5.74) is 6.66. The van der Waals surface area contributed by atoms with Crippen LogP contribution in [0.2, 0.25) is 0 Å². The van der Waals surface area contributed by atoms with Crippen molar-refractivity contribution >= 4 is 17.6 Å². The summed E-state index contributed by atoms with van der Waals surface area (Å²) in [6, 6.07) is 9.61. The summed E-state index contributed by atoms with van der Waals surface area (Å²) < 4.78 is 0. The molecule has 0 saturated heterocycles. The molecular weight excluding hydrogens is 258 g/mol. The first kappa shape index (κ1) is 16.0. The molecule has 1 amide bonds. The van der Waals surface area contributed by atoms with Crippen LogP contribution in [0.5, 0.6) is 0 Å². The fraction of sp³-hybridized carbons (Fsp3) is 0.429. The zero-order chi connectivity index (χ0) is 14.8. The molecule has 1 rings (SSSR count). The predicted molar refractivity (Wildman–Crippen MR) is 77.2 cm³/mol. The van der Waals surface area contributed by atoms with E-state index in [1.807, 2.05) is 30.3 Å². The zero-order valence-electron chi connectivity index (χ0n) is 11.3.